The number of hydrogen-bond acceptors (Lipinski definition) is 3. The van der Waals surface area contributed by atoms with Crippen LogP contribution < -0.4 is 5.32 Å². The summed E-state index contributed by atoms with van der Waals surface area (Å²) in [6.45, 7) is 4.33. The van der Waals surface area contributed by atoms with Crippen molar-refractivity contribution in [1.82, 2.24) is 20.0 Å². The molecule has 0 saturated heterocycles. The second-order valence-corrected chi connectivity index (χ2v) is 6.58. The summed E-state index contributed by atoms with van der Waals surface area (Å²) in [5.74, 6) is 1.52. The number of nitrogens with zero attached hydrogens (tertiary/aromatic N) is 4. The van der Waals surface area contributed by atoms with Gasteiger partial charge in [-0.3, -0.25) is 9.67 Å². The van der Waals surface area contributed by atoms with E-state index in [0.717, 1.165) is 35.3 Å². The highest BCUT2D eigenvalue weighted by Crippen LogP contribution is 2.17. The van der Waals surface area contributed by atoms with Gasteiger partial charge in [0.1, 0.15) is 5.82 Å². The molecule has 0 aliphatic rings. The average Bonchev–Trinajstić information content (AvgIpc) is 2.97. The number of thioether (sulfide) groups is 1. The average molecular weight is 349 g/mol. The minimum absolute atomic E-state index is 0.205. The lowest BCUT2D eigenvalue weighted by molar-refractivity contribution is 0.477. The lowest BCUT2D eigenvalue weighted by Gasteiger charge is -2.21. The molecule has 0 amide bonds. The lowest BCUT2D eigenvalue weighted by Crippen LogP contribution is -2.38. The van der Waals surface area contributed by atoms with Crippen molar-refractivity contribution < 1.29 is 4.39 Å². The fourth-order valence-corrected chi connectivity index (χ4v) is 2.96. The van der Waals surface area contributed by atoms with Gasteiger partial charge in [-0.25, -0.2) is 4.39 Å². The number of halogens is 1. The summed E-state index contributed by atoms with van der Waals surface area (Å²) in [4.78, 5) is 7.80. The first-order chi connectivity index (χ1) is 11.6. The zero-order valence-corrected chi connectivity index (χ0v) is 15.2. The van der Waals surface area contributed by atoms with E-state index in [2.05, 4.69) is 27.2 Å². The van der Waals surface area contributed by atoms with Gasteiger partial charge in [-0.05, 0) is 31.2 Å². The van der Waals surface area contributed by atoms with Gasteiger partial charge in [-0.2, -0.15) is 5.10 Å². The molecule has 0 atom stereocenters. The molecule has 2 rings (SSSR count). The highest BCUT2D eigenvalue weighted by molar-refractivity contribution is 7.99. The molecule has 0 radical (unpaired) electrons. The predicted molar refractivity (Wildman–Crippen MR) is 97.8 cm³/mol. The third-order valence-electron chi connectivity index (χ3n) is 3.31. The summed E-state index contributed by atoms with van der Waals surface area (Å²) >= 11 is 1.67. The van der Waals surface area contributed by atoms with E-state index in [9.17, 15) is 4.39 Å². The molecule has 0 unspecified atom stereocenters. The van der Waals surface area contributed by atoms with Crippen molar-refractivity contribution in [3.63, 3.8) is 0 Å². The Kier molecular flexibility index (Phi) is 7.11. The number of aryl methyl sites for hydroxylation is 1. The van der Waals surface area contributed by atoms with Gasteiger partial charge in [0.25, 0.3) is 0 Å². The minimum atomic E-state index is -0.205. The predicted octanol–water partition coefficient (Wildman–Crippen LogP) is 2.75. The summed E-state index contributed by atoms with van der Waals surface area (Å²) in [5.41, 5.74) is 1.14. The maximum Gasteiger partial charge on any atom is 0.193 e. The van der Waals surface area contributed by atoms with Gasteiger partial charge in [-0.15, -0.1) is 11.8 Å². The molecule has 1 aromatic heterocycles. The van der Waals surface area contributed by atoms with E-state index in [4.69, 9.17) is 0 Å². The molecule has 0 bridgehead atoms. The van der Waals surface area contributed by atoms with Gasteiger partial charge in [0.15, 0.2) is 5.96 Å². The Morgan fingerprint density at radius 1 is 1.38 bits per heavy atom. The molecule has 1 N–H and O–H groups in total. The maximum absolute atomic E-state index is 12.9. The first-order valence-corrected chi connectivity index (χ1v) is 8.92. The Balaban J connectivity index is 1.86. The molecular formula is C17H24FN5S. The standard InChI is InChI=1S/C17H24FN5S/c1-4-19-17(22(2)12-14-11-21-23(3)13-14)20-9-10-24-16-7-5-15(18)6-8-16/h5-8,11,13H,4,9-10,12H2,1-3H3,(H,19,20). The number of rotatable bonds is 7. The molecule has 7 heteroatoms. The Hall–Kier alpha value is -2.02. The summed E-state index contributed by atoms with van der Waals surface area (Å²) in [6.07, 6.45) is 3.87. The topological polar surface area (TPSA) is 45.5 Å². The zero-order chi connectivity index (χ0) is 17.4. The van der Waals surface area contributed by atoms with Gasteiger partial charge in [0.05, 0.1) is 12.7 Å². The van der Waals surface area contributed by atoms with E-state index < -0.39 is 0 Å². The fraction of sp³-hybridized carbons (Fsp3) is 0.412. The molecule has 0 spiro atoms. The van der Waals surface area contributed by atoms with Crippen molar-refractivity contribution in [3.05, 3.63) is 48.0 Å². The van der Waals surface area contributed by atoms with Crippen LogP contribution >= 0.6 is 11.8 Å². The van der Waals surface area contributed by atoms with Crippen molar-refractivity contribution in [2.45, 2.75) is 18.4 Å². The number of guanidine groups is 1. The second-order valence-electron chi connectivity index (χ2n) is 5.42. The Bertz CT molecular complexity index is 653. The quantitative estimate of drug-likeness (QED) is 0.361. The van der Waals surface area contributed by atoms with Crippen LogP contribution in [0.1, 0.15) is 12.5 Å². The number of benzene rings is 1. The Morgan fingerprint density at radius 3 is 2.75 bits per heavy atom. The molecule has 0 fully saturated rings. The van der Waals surface area contributed by atoms with Crippen molar-refractivity contribution in [2.24, 2.45) is 12.0 Å². The first kappa shape index (κ1) is 18.3. The van der Waals surface area contributed by atoms with Gasteiger partial charge >= 0.3 is 0 Å². The molecule has 0 aliphatic carbocycles. The number of nitrogens with one attached hydrogen (secondary N) is 1. The highest BCUT2D eigenvalue weighted by Gasteiger charge is 2.07. The summed E-state index contributed by atoms with van der Waals surface area (Å²) in [5, 5.41) is 7.50. The molecule has 0 aliphatic heterocycles. The van der Waals surface area contributed by atoms with E-state index in [1.807, 2.05) is 26.5 Å². The molecule has 1 aromatic carbocycles. The molecule has 24 heavy (non-hydrogen) atoms. The Labute approximate surface area is 147 Å². The largest absolute Gasteiger partial charge is 0.357 e. The Morgan fingerprint density at radius 2 is 2.12 bits per heavy atom. The molecule has 2 aromatic rings. The van der Waals surface area contributed by atoms with Crippen LogP contribution in [0.4, 0.5) is 4.39 Å². The first-order valence-electron chi connectivity index (χ1n) is 7.94. The highest BCUT2D eigenvalue weighted by atomic mass is 32.2. The van der Waals surface area contributed by atoms with Crippen molar-refractivity contribution in [3.8, 4) is 0 Å². The molecule has 1 heterocycles. The summed E-state index contributed by atoms with van der Waals surface area (Å²) in [7, 11) is 3.93. The van der Waals surface area contributed by atoms with E-state index in [0.29, 0.717) is 6.54 Å². The number of hydrogen-bond donors (Lipinski definition) is 1. The third-order valence-corrected chi connectivity index (χ3v) is 4.30. The van der Waals surface area contributed by atoms with E-state index >= 15 is 0 Å². The summed E-state index contributed by atoms with van der Waals surface area (Å²) < 4.78 is 14.7. The normalized spacial score (nSPS) is 11.6. The zero-order valence-electron chi connectivity index (χ0n) is 14.4. The second kappa shape index (κ2) is 9.32. The molecular weight excluding hydrogens is 325 g/mol. The SMILES string of the molecule is CCNC(=NCCSc1ccc(F)cc1)N(C)Cc1cnn(C)c1. The smallest absolute Gasteiger partial charge is 0.193 e. The molecule has 5 nitrogen and oxygen atoms in total. The minimum Gasteiger partial charge on any atom is -0.357 e. The maximum atomic E-state index is 12.9. The molecule has 130 valence electrons. The fourth-order valence-electron chi connectivity index (χ4n) is 2.22. The van der Waals surface area contributed by atoms with Crippen LogP contribution in [0.5, 0.6) is 0 Å². The van der Waals surface area contributed by atoms with E-state index in [1.165, 1.54) is 12.1 Å². The van der Waals surface area contributed by atoms with Gasteiger partial charge in [0.2, 0.25) is 0 Å². The van der Waals surface area contributed by atoms with E-state index in [-0.39, 0.29) is 5.82 Å². The van der Waals surface area contributed by atoms with Crippen molar-refractivity contribution in [2.75, 3.05) is 25.9 Å². The van der Waals surface area contributed by atoms with Gasteiger partial charge in [-0.1, -0.05) is 0 Å². The van der Waals surface area contributed by atoms with Crippen LogP contribution in [0.15, 0.2) is 46.5 Å². The molecule has 0 saturated carbocycles. The van der Waals surface area contributed by atoms with Gasteiger partial charge < -0.3 is 10.2 Å². The van der Waals surface area contributed by atoms with Crippen LogP contribution in [0, 0.1) is 5.82 Å². The third kappa shape index (κ3) is 5.88. The number of aliphatic imine (C=N–C) groups is 1. The van der Waals surface area contributed by atoms with Crippen LogP contribution in [-0.2, 0) is 13.6 Å². The van der Waals surface area contributed by atoms with Crippen LogP contribution in [-0.4, -0.2) is 46.5 Å². The van der Waals surface area contributed by atoms with E-state index in [1.54, 1.807) is 28.6 Å². The number of aromatic nitrogens is 2. The van der Waals surface area contributed by atoms with Crippen LogP contribution in [0.2, 0.25) is 0 Å². The summed E-state index contributed by atoms with van der Waals surface area (Å²) in [6, 6.07) is 6.56. The monoisotopic (exact) mass is 349 g/mol. The van der Waals surface area contributed by atoms with Gasteiger partial charge in [0, 0.05) is 49.6 Å². The van der Waals surface area contributed by atoms with Crippen LogP contribution in [0.25, 0.3) is 0 Å². The van der Waals surface area contributed by atoms with Crippen molar-refractivity contribution in [1.29, 1.82) is 0 Å². The van der Waals surface area contributed by atoms with Crippen molar-refractivity contribution >= 4 is 17.7 Å². The lowest BCUT2D eigenvalue weighted by atomic mass is 10.3. The van der Waals surface area contributed by atoms with Crippen LogP contribution in [0.3, 0.4) is 0 Å².